The van der Waals surface area contributed by atoms with Gasteiger partial charge in [0.2, 0.25) is 0 Å². The number of nitrogens with two attached hydrogens (primary N) is 1. The quantitative estimate of drug-likeness (QED) is 0.297. The zero-order chi connectivity index (χ0) is 4.50. The maximum atomic E-state index is 10.4. The molecule has 0 aliphatic rings. The van der Waals surface area contributed by atoms with E-state index in [1.807, 2.05) is 0 Å². The van der Waals surface area contributed by atoms with Gasteiger partial charge in [-0.05, 0) is 0 Å². The summed E-state index contributed by atoms with van der Waals surface area (Å²) in [4.78, 5) is 13.9. The summed E-state index contributed by atoms with van der Waals surface area (Å²) < 4.78 is 19.0. The fourth-order valence-corrected chi connectivity index (χ4v) is 0. The van der Waals surface area contributed by atoms with Gasteiger partial charge >= 0.3 is 67.0 Å². The van der Waals surface area contributed by atoms with Crippen molar-refractivity contribution in [3.05, 3.63) is 6.15 Å². The van der Waals surface area contributed by atoms with E-state index < -0.39 is 7.91 Å². The molecule has 0 saturated heterocycles. The van der Waals surface area contributed by atoms with E-state index in [0.29, 0.717) is 0 Å². The van der Waals surface area contributed by atoms with Crippen LogP contribution in [0.5, 0.6) is 0 Å². The zero-order valence-corrected chi connectivity index (χ0v) is 6.60. The zero-order valence-electron chi connectivity index (χ0n) is 3.71. The predicted molar refractivity (Wildman–Crippen MR) is 25.6 cm³/mol. The summed E-state index contributed by atoms with van der Waals surface area (Å²) in [6, 6.07) is 0. The fraction of sp³-hybridized carbons (Fsp3) is 0. The second-order valence-electron chi connectivity index (χ2n) is 0.473. The van der Waals surface area contributed by atoms with Gasteiger partial charge in [0.25, 0.3) is 0 Å². The Morgan fingerprint density at radius 3 is 1.38 bits per heavy atom. The molecule has 0 radical (unpaired) electrons. The van der Waals surface area contributed by atoms with Crippen LogP contribution in [-0.2, 0) is 4.57 Å². The third-order valence-electron chi connectivity index (χ3n) is 0. The average molecular weight is 163 g/mol. The molecule has 0 saturated carbocycles. The van der Waals surface area contributed by atoms with Crippen LogP contribution < -0.4 is 29.6 Å². The van der Waals surface area contributed by atoms with Gasteiger partial charge in [0.1, 0.15) is 0 Å². The summed E-state index contributed by atoms with van der Waals surface area (Å²) in [6.45, 7) is 0. The van der Waals surface area contributed by atoms with Crippen molar-refractivity contribution in [2.24, 2.45) is 0 Å². The fourth-order valence-electron chi connectivity index (χ4n) is 0. The molecule has 0 fully saturated rings. The summed E-state index contributed by atoms with van der Waals surface area (Å²) in [5.74, 6) is 0. The molecule has 8 heteroatoms. The number of hydrogen-bond acceptors (Lipinski definition) is 1. The van der Waals surface area contributed by atoms with E-state index in [2.05, 4.69) is 0 Å². The number of hydrogen-bond donors (Lipinski definition) is 2. The Labute approximate surface area is 90.7 Å². The molecular formula is H5FNNa2O3P. The Morgan fingerprint density at radius 2 is 1.38 bits per heavy atom. The van der Waals surface area contributed by atoms with E-state index in [1.165, 1.54) is 0 Å². The summed E-state index contributed by atoms with van der Waals surface area (Å²) in [5, 5.41) is 0. The van der Waals surface area contributed by atoms with Gasteiger partial charge in [0.15, 0.2) is 0 Å². The molecule has 0 unspecified atom stereocenters. The predicted octanol–water partition coefficient (Wildman–Crippen LogP) is -2.88. The molecule has 0 aromatic carbocycles. The van der Waals surface area contributed by atoms with Crippen molar-refractivity contribution in [2.45, 2.75) is 0 Å². The van der Waals surface area contributed by atoms with E-state index in [0.717, 1.165) is 0 Å². The normalized spacial score (nSPS) is 7.38. The van der Waals surface area contributed by atoms with Crippen molar-refractivity contribution in [3.8, 4) is 0 Å². The first-order valence-electron chi connectivity index (χ1n) is 0.752. The minimum absolute atomic E-state index is 0. The third kappa shape index (κ3) is 95.8. The van der Waals surface area contributed by atoms with Crippen molar-refractivity contribution in [3.63, 3.8) is 0 Å². The molecule has 8 heavy (non-hydrogen) atoms. The van der Waals surface area contributed by atoms with Gasteiger partial charge < -0.3 is 6.15 Å². The molecule has 0 atom stereocenters. The molecule has 0 spiro atoms. The van der Waals surface area contributed by atoms with Crippen LogP contribution in [0.4, 0.5) is 4.20 Å². The van der Waals surface area contributed by atoms with Crippen molar-refractivity contribution in [1.82, 2.24) is 0 Å². The van der Waals surface area contributed by atoms with Gasteiger partial charge in [-0.2, -0.15) is 0 Å². The van der Waals surface area contributed by atoms with Crippen molar-refractivity contribution in [2.75, 3.05) is 0 Å². The molecule has 0 aromatic heterocycles. The van der Waals surface area contributed by atoms with Crippen LogP contribution in [0.1, 0.15) is 0 Å². The molecule has 0 amide bonds. The van der Waals surface area contributed by atoms with Gasteiger partial charge in [0, 0.05) is 0 Å². The first-order valence-corrected chi connectivity index (χ1v) is 2.25. The van der Waals surface area contributed by atoms with Crippen molar-refractivity contribution < 1.29 is 48.1 Å². The summed E-state index contributed by atoms with van der Waals surface area (Å²) >= 11 is 0. The molecule has 4 N–H and O–H groups in total. The second kappa shape index (κ2) is 9.04. The first kappa shape index (κ1) is 22.5. The molecule has 0 rings (SSSR count). The van der Waals surface area contributed by atoms with E-state index in [-0.39, 0.29) is 65.3 Å². The van der Waals surface area contributed by atoms with Gasteiger partial charge in [-0.1, -0.05) is 0 Å². The maximum absolute atomic E-state index is 10.4. The van der Waals surface area contributed by atoms with Gasteiger partial charge in [0.05, 0.1) is 0 Å². The summed E-state index contributed by atoms with van der Waals surface area (Å²) in [6.07, 6.45) is 0. The van der Waals surface area contributed by atoms with E-state index >= 15 is 0 Å². The van der Waals surface area contributed by atoms with Gasteiger partial charge in [-0.25, -0.2) is 4.57 Å². The molecule has 0 heterocycles. The Balaban J connectivity index is -0.0000000267. The minimum atomic E-state index is -5.14. The topological polar surface area (TPSA) is 91.0 Å². The average Bonchev–Trinajstić information content (AvgIpc) is 0.722. The van der Waals surface area contributed by atoms with Crippen LogP contribution in [0.2, 0.25) is 0 Å². The molecule has 0 aliphatic heterocycles. The van der Waals surface area contributed by atoms with Crippen LogP contribution in [0.3, 0.4) is 0 Å². The molecule has 4 nitrogen and oxygen atoms in total. The van der Waals surface area contributed by atoms with Crippen LogP contribution in [0.25, 0.3) is 6.15 Å². The Morgan fingerprint density at radius 1 is 1.38 bits per heavy atom. The van der Waals surface area contributed by atoms with Crippen molar-refractivity contribution in [1.29, 1.82) is 0 Å². The molecular weight excluding hydrogens is 158 g/mol. The van der Waals surface area contributed by atoms with Crippen LogP contribution >= 0.6 is 7.91 Å². The number of rotatable bonds is 0. The summed E-state index contributed by atoms with van der Waals surface area (Å²) in [5.41, 5.74) is 0. The van der Waals surface area contributed by atoms with Crippen LogP contribution in [0.15, 0.2) is 0 Å². The Kier molecular flexibility index (Phi) is 25.4. The second-order valence-corrected chi connectivity index (χ2v) is 1.42. The van der Waals surface area contributed by atoms with Gasteiger partial charge in [-0.3, -0.25) is 9.79 Å². The van der Waals surface area contributed by atoms with Crippen molar-refractivity contribution >= 4 is 37.5 Å². The Bertz CT molecular complexity index is 63.4. The van der Waals surface area contributed by atoms with Crippen LogP contribution in [0, 0.1) is 0 Å². The molecule has 0 bridgehead atoms. The third-order valence-corrected chi connectivity index (χ3v) is 0. The standard InChI is InChI=1S/FH2O3P.H2N.2Na.H/c1-5(2,3)4;;;;/h(H2,2,3,4);1H2;;;/q;-1;;+1;. The van der Waals surface area contributed by atoms with E-state index in [1.54, 1.807) is 0 Å². The molecule has 0 aromatic rings. The number of halogens is 1. The summed E-state index contributed by atoms with van der Waals surface area (Å²) in [7, 11) is -5.14. The van der Waals surface area contributed by atoms with E-state index in [4.69, 9.17) is 14.4 Å². The SMILES string of the molecule is O=P(O)(O)F.[NH2-].[Na+].[NaH]. The Hall–Kier alpha value is 2.04. The van der Waals surface area contributed by atoms with Crippen LogP contribution in [-0.4, -0.2) is 39.3 Å². The first-order chi connectivity index (χ1) is 2.00. The van der Waals surface area contributed by atoms with Gasteiger partial charge in [-0.15, -0.1) is 4.20 Å². The van der Waals surface area contributed by atoms with E-state index in [9.17, 15) is 4.20 Å². The molecule has 0 aliphatic carbocycles. The monoisotopic (exact) mass is 163 g/mol. The molecule has 42 valence electrons.